The molecule has 2 rings (SSSR count). The summed E-state index contributed by atoms with van der Waals surface area (Å²) in [4.78, 5) is 8.27. The molecule has 0 aliphatic heterocycles. The molecule has 0 amide bonds. The number of hydrogen-bond acceptors (Lipinski definition) is 4. The van der Waals surface area contributed by atoms with Gasteiger partial charge in [0.1, 0.15) is 5.82 Å². The van der Waals surface area contributed by atoms with Crippen molar-refractivity contribution >= 4 is 16.9 Å². The summed E-state index contributed by atoms with van der Waals surface area (Å²) >= 11 is 0. The Morgan fingerprint density at radius 3 is 2.85 bits per heavy atom. The lowest BCUT2D eigenvalue weighted by molar-refractivity contribution is 1.07. The van der Waals surface area contributed by atoms with Crippen molar-refractivity contribution in [2.75, 3.05) is 5.73 Å². The molecule has 1 aromatic heterocycles. The Balaban J connectivity index is 2.66. The van der Waals surface area contributed by atoms with Gasteiger partial charge in [-0.1, -0.05) is 6.07 Å². The first-order chi connectivity index (χ1) is 6.29. The summed E-state index contributed by atoms with van der Waals surface area (Å²) < 4.78 is 0. The Hall–Kier alpha value is -1.68. The largest absolute Gasteiger partial charge is 0.382 e. The van der Waals surface area contributed by atoms with Gasteiger partial charge in [-0.05, 0) is 17.7 Å². The van der Waals surface area contributed by atoms with Crippen molar-refractivity contribution in [3.63, 3.8) is 0 Å². The molecule has 0 spiro atoms. The Labute approximate surface area is 75.6 Å². The van der Waals surface area contributed by atoms with E-state index in [9.17, 15) is 0 Å². The third-order valence-corrected chi connectivity index (χ3v) is 1.86. The average molecular weight is 174 g/mol. The van der Waals surface area contributed by atoms with Crippen LogP contribution < -0.4 is 11.5 Å². The number of nitrogens with two attached hydrogens (primary N) is 2. The Morgan fingerprint density at radius 1 is 1.23 bits per heavy atom. The Bertz CT molecular complexity index is 439. The molecule has 0 saturated carbocycles. The van der Waals surface area contributed by atoms with Gasteiger partial charge in [-0.2, -0.15) is 0 Å². The van der Waals surface area contributed by atoms with Crippen molar-refractivity contribution < 1.29 is 0 Å². The number of aromatic nitrogens is 2. The monoisotopic (exact) mass is 174 g/mol. The van der Waals surface area contributed by atoms with Crippen molar-refractivity contribution in [2.24, 2.45) is 5.73 Å². The van der Waals surface area contributed by atoms with E-state index in [2.05, 4.69) is 9.97 Å². The van der Waals surface area contributed by atoms with E-state index in [1.165, 1.54) is 0 Å². The van der Waals surface area contributed by atoms with Crippen molar-refractivity contribution in [1.29, 1.82) is 0 Å². The maximum atomic E-state index is 5.50. The minimum atomic E-state index is 0.438. The van der Waals surface area contributed by atoms with Gasteiger partial charge in [-0.25, -0.2) is 4.98 Å². The number of nitrogens with zero attached hydrogens (tertiary/aromatic N) is 2. The predicted molar refractivity (Wildman–Crippen MR) is 51.8 cm³/mol. The van der Waals surface area contributed by atoms with E-state index >= 15 is 0 Å². The number of benzene rings is 1. The normalized spacial score (nSPS) is 10.5. The average Bonchev–Trinajstić information content (AvgIpc) is 2.17. The van der Waals surface area contributed by atoms with Gasteiger partial charge in [0.15, 0.2) is 0 Å². The molecule has 13 heavy (non-hydrogen) atoms. The molecular weight excluding hydrogens is 164 g/mol. The molecule has 4 N–H and O–H groups in total. The molecule has 4 heteroatoms. The van der Waals surface area contributed by atoms with Crippen molar-refractivity contribution in [2.45, 2.75) is 6.54 Å². The fourth-order valence-corrected chi connectivity index (χ4v) is 1.20. The van der Waals surface area contributed by atoms with Crippen molar-refractivity contribution in [1.82, 2.24) is 9.97 Å². The minimum Gasteiger partial charge on any atom is -0.382 e. The van der Waals surface area contributed by atoms with Crippen LogP contribution in [0, 0.1) is 0 Å². The predicted octanol–water partition coefficient (Wildman–Crippen LogP) is 0.671. The zero-order chi connectivity index (χ0) is 9.26. The molecule has 0 unspecified atom stereocenters. The Morgan fingerprint density at radius 2 is 2.08 bits per heavy atom. The molecule has 0 atom stereocenters. The summed E-state index contributed by atoms with van der Waals surface area (Å²) in [6, 6.07) is 5.72. The molecule has 0 bridgehead atoms. The zero-order valence-corrected chi connectivity index (χ0v) is 7.07. The van der Waals surface area contributed by atoms with Gasteiger partial charge in [0.05, 0.1) is 17.2 Å². The van der Waals surface area contributed by atoms with Gasteiger partial charge in [0.25, 0.3) is 0 Å². The number of nitrogen functional groups attached to an aromatic ring is 1. The molecule has 0 radical (unpaired) electrons. The van der Waals surface area contributed by atoms with Gasteiger partial charge in [0.2, 0.25) is 0 Å². The number of rotatable bonds is 1. The maximum Gasteiger partial charge on any atom is 0.142 e. The number of hydrogen-bond donors (Lipinski definition) is 2. The highest BCUT2D eigenvalue weighted by Gasteiger charge is 1.97. The second-order valence-electron chi connectivity index (χ2n) is 2.82. The van der Waals surface area contributed by atoms with Gasteiger partial charge in [-0.3, -0.25) is 4.98 Å². The molecule has 66 valence electrons. The van der Waals surface area contributed by atoms with E-state index in [1.807, 2.05) is 18.2 Å². The van der Waals surface area contributed by atoms with Gasteiger partial charge < -0.3 is 11.5 Å². The van der Waals surface area contributed by atoms with Crippen molar-refractivity contribution in [3.8, 4) is 0 Å². The summed E-state index contributed by atoms with van der Waals surface area (Å²) in [5.41, 5.74) is 13.7. The molecular formula is C9H10N4. The van der Waals surface area contributed by atoms with Crippen LogP contribution in [0.1, 0.15) is 5.56 Å². The van der Waals surface area contributed by atoms with E-state index < -0.39 is 0 Å². The van der Waals surface area contributed by atoms with E-state index in [0.717, 1.165) is 16.6 Å². The van der Waals surface area contributed by atoms with Crippen LogP contribution in [0.3, 0.4) is 0 Å². The van der Waals surface area contributed by atoms with Crippen LogP contribution in [-0.2, 0) is 6.54 Å². The topological polar surface area (TPSA) is 77.8 Å². The van der Waals surface area contributed by atoms with E-state index in [4.69, 9.17) is 11.5 Å². The van der Waals surface area contributed by atoms with E-state index in [1.54, 1.807) is 6.20 Å². The smallest absolute Gasteiger partial charge is 0.142 e. The highest BCUT2D eigenvalue weighted by Crippen LogP contribution is 2.12. The van der Waals surface area contributed by atoms with Crippen LogP contribution in [0.15, 0.2) is 24.4 Å². The molecule has 0 fully saturated rings. The molecule has 1 aromatic carbocycles. The lowest BCUT2D eigenvalue weighted by atomic mass is 10.2. The summed E-state index contributed by atoms with van der Waals surface area (Å²) in [6.45, 7) is 0.516. The fraction of sp³-hybridized carbons (Fsp3) is 0.111. The van der Waals surface area contributed by atoms with Gasteiger partial charge in [0, 0.05) is 6.54 Å². The molecule has 0 aliphatic carbocycles. The first-order valence-electron chi connectivity index (χ1n) is 4.01. The number of fused-ring (bicyclic) bond motifs is 1. The lowest BCUT2D eigenvalue weighted by Crippen LogP contribution is -1.97. The van der Waals surface area contributed by atoms with Crippen LogP contribution in [0.2, 0.25) is 0 Å². The van der Waals surface area contributed by atoms with Gasteiger partial charge in [-0.15, -0.1) is 0 Å². The minimum absolute atomic E-state index is 0.438. The maximum absolute atomic E-state index is 5.50. The summed E-state index contributed by atoms with van der Waals surface area (Å²) in [6.07, 6.45) is 1.54. The van der Waals surface area contributed by atoms with Crippen LogP contribution in [-0.4, -0.2) is 9.97 Å². The second-order valence-corrected chi connectivity index (χ2v) is 2.82. The summed E-state index contributed by atoms with van der Waals surface area (Å²) in [7, 11) is 0. The van der Waals surface area contributed by atoms with Crippen LogP contribution in [0.25, 0.3) is 11.0 Å². The summed E-state index contributed by atoms with van der Waals surface area (Å²) in [5, 5.41) is 0. The van der Waals surface area contributed by atoms with Gasteiger partial charge >= 0.3 is 0 Å². The van der Waals surface area contributed by atoms with Crippen LogP contribution in [0.5, 0.6) is 0 Å². The molecule has 0 aliphatic rings. The van der Waals surface area contributed by atoms with E-state index in [0.29, 0.717) is 12.4 Å². The second kappa shape index (κ2) is 2.99. The molecule has 2 aromatic rings. The number of anilines is 1. The zero-order valence-electron chi connectivity index (χ0n) is 7.07. The Kier molecular flexibility index (Phi) is 1.83. The standard InChI is InChI=1S/C9H10N4/c10-4-6-1-2-7-8(3-6)12-5-9(11)13-7/h1-3,5H,4,10H2,(H2,11,13). The quantitative estimate of drug-likeness (QED) is 0.666. The highest BCUT2D eigenvalue weighted by molar-refractivity contribution is 5.75. The van der Waals surface area contributed by atoms with E-state index in [-0.39, 0.29) is 0 Å². The fourth-order valence-electron chi connectivity index (χ4n) is 1.20. The third-order valence-electron chi connectivity index (χ3n) is 1.86. The van der Waals surface area contributed by atoms with Crippen LogP contribution in [0.4, 0.5) is 5.82 Å². The lowest BCUT2D eigenvalue weighted by Gasteiger charge is -2.00. The molecule has 4 nitrogen and oxygen atoms in total. The van der Waals surface area contributed by atoms with Crippen LogP contribution >= 0.6 is 0 Å². The highest BCUT2D eigenvalue weighted by atomic mass is 14.9. The molecule has 0 saturated heterocycles. The first-order valence-corrected chi connectivity index (χ1v) is 4.01. The first kappa shape index (κ1) is 7.94. The van der Waals surface area contributed by atoms with Crippen molar-refractivity contribution in [3.05, 3.63) is 30.0 Å². The SMILES string of the molecule is NCc1ccc2nc(N)cnc2c1. The third kappa shape index (κ3) is 1.43. The molecule has 1 heterocycles. The summed E-state index contributed by atoms with van der Waals surface area (Å²) in [5.74, 6) is 0.438.